The van der Waals surface area contributed by atoms with Crippen molar-refractivity contribution in [2.45, 2.75) is 53.0 Å². The first kappa shape index (κ1) is 16.4. The van der Waals surface area contributed by atoms with Crippen LogP contribution in [0.2, 0.25) is 0 Å². The summed E-state index contributed by atoms with van der Waals surface area (Å²) in [4.78, 5) is 2.28. The van der Waals surface area contributed by atoms with Gasteiger partial charge in [0.1, 0.15) is 0 Å². The van der Waals surface area contributed by atoms with Gasteiger partial charge in [0.25, 0.3) is 0 Å². The second-order valence-corrected chi connectivity index (χ2v) is 5.61. The fourth-order valence-electron chi connectivity index (χ4n) is 1.77. The molecule has 102 valence electrons. The molecular formula is C13H29N3O. The molecule has 0 aromatic carbocycles. The maximum absolute atomic E-state index is 8.96. The van der Waals surface area contributed by atoms with Crippen LogP contribution < -0.4 is 5.73 Å². The van der Waals surface area contributed by atoms with E-state index in [0.717, 1.165) is 32.4 Å². The van der Waals surface area contributed by atoms with Crippen molar-refractivity contribution in [3.63, 3.8) is 0 Å². The zero-order valence-corrected chi connectivity index (χ0v) is 11.8. The summed E-state index contributed by atoms with van der Waals surface area (Å²) in [5.41, 5.74) is 5.37. The Bertz CT molecular complexity index is 227. The van der Waals surface area contributed by atoms with Gasteiger partial charge < -0.3 is 10.8 Å². The van der Waals surface area contributed by atoms with Gasteiger partial charge >= 0.3 is 0 Å². The largest absolute Gasteiger partial charge is 0.395 e. The third kappa shape index (κ3) is 6.64. The van der Waals surface area contributed by atoms with Crippen LogP contribution in [0, 0.1) is 10.8 Å². The Morgan fingerprint density at radius 3 is 2.29 bits per heavy atom. The Hall–Kier alpha value is -0.610. The van der Waals surface area contributed by atoms with Gasteiger partial charge in [-0.05, 0) is 33.2 Å². The summed E-state index contributed by atoms with van der Waals surface area (Å²) in [6.07, 6.45) is 3.11. The first-order chi connectivity index (χ1) is 7.81. The lowest BCUT2D eigenvalue weighted by atomic mass is 9.86. The summed E-state index contributed by atoms with van der Waals surface area (Å²) in [6, 6.07) is 0.475. The van der Waals surface area contributed by atoms with Crippen LogP contribution in [0.5, 0.6) is 0 Å². The number of aliphatic hydroxyl groups excluding tert-OH is 1. The number of nitrogens with two attached hydrogens (primary N) is 1. The lowest BCUT2D eigenvalue weighted by Gasteiger charge is -2.27. The number of nitrogens with zero attached hydrogens (tertiary/aromatic N) is 1. The number of nitrogens with one attached hydrogen (secondary N) is 1. The van der Waals surface area contributed by atoms with Crippen LogP contribution >= 0.6 is 0 Å². The van der Waals surface area contributed by atoms with Crippen LogP contribution in [-0.4, -0.2) is 41.6 Å². The van der Waals surface area contributed by atoms with E-state index in [1.54, 1.807) is 0 Å². The number of rotatable bonds is 9. The number of aliphatic hydroxyl groups is 1. The van der Waals surface area contributed by atoms with Crippen molar-refractivity contribution in [3.05, 3.63) is 0 Å². The molecule has 4 N–H and O–H groups in total. The van der Waals surface area contributed by atoms with Gasteiger partial charge in [-0.3, -0.25) is 10.3 Å². The lowest BCUT2D eigenvalue weighted by molar-refractivity contribution is 0.162. The van der Waals surface area contributed by atoms with Gasteiger partial charge in [0.2, 0.25) is 0 Å². The number of hydrogen-bond donors (Lipinski definition) is 3. The molecule has 0 aliphatic heterocycles. The minimum atomic E-state index is -0.181. The van der Waals surface area contributed by atoms with Gasteiger partial charge in [-0.1, -0.05) is 20.3 Å². The Morgan fingerprint density at radius 2 is 1.88 bits per heavy atom. The number of unbranched alkanes of at least 4 members (excludes halogenated alkanes) is 1. The molecule has 0 heterocycles. The highest BCUT2D eigenvalue weighted by Gasteiger charge is 2.20. The van der Waals surface area contributed by atoms with Gasteiger partial charge in [-0.25, -0.2) is 0 Å². The monoisotopic (exact) mass is 243 g/mol. The van der Waals surface area contributed by atoms with E-state index in [-0.39, 0.29) is 17.9 Å². The summed E-state index contributed by atoms with van der Waals surface area (Å²) in [6.45, 7) is 10.3. The highest BCUT2D eigenvalue weighted by Crippen LogP contribution is 2.22. The fraction of sp³-hybridized carbons (Fsp3) is 0.923. The normalized spacial score (nSPS) is 12.4. The second kappa shape index (κ2) is 7.67. The van der Waals surface area contributed by atoms with Gasteiger partial charge in [0.15, 0.2) is 0 Å². The Kier molecular flexibility index (Phi) is 7.39. The molecule has 0 bridgehead atoms. The van der Waals surface area contributed by atoms with Gasteiger partial charge in [0, 0.05) is 18.0 Å². The smallest absolute Gasteiger partial charge is 0.0963 e. The molecule has 17 heavy (non-hydrogen) atoms. The molecule has 0 aromatic rings. The SMILES string of the molecule is CC(C)N(CCO)CCCCC(C)(C)C(=N)N. The summed E-state index contributed by atoms with van der Waals surface area (Å²) in [7, 11) is 0. The third-order valence-corrected chi connectivity index (χ3v) is 3.34. The average Bonchev–Trinajstić information content (AvgIpc) is 2.22. The minimum Gasteiger partial charge on any atom is -0.395 e. The van der Waals surface area contributed by atoms with E-state index in [4.69, 9.17) is 16.2 Å². The summed E-state index contributed by atoms with van der Waals surface area (Å²) < 4.78 is 0. The van der Waals surface area contributed by atoms with E-state index in [1.165, 1.54) is 0 Å². The van der Waals surface area contributed by atoms with Gasteiger partial charge in [-0.2, -0.15) is 0 Å². The molecule has 4 nitrogen and oxygen atoms in total. The van der Waals surface area contributed by atoms with Crippen LogP contribution in [0.1, 0.15) is 47.0 Å². The predicted octanol–water partition coefficient (Wildman–Crippen LogP) is 1.82. The van der Waals surface area contributed by atoms with Crippen LogP contribution in [0.25, 0.3) is 0 Å². The third-order valence-electron chi connectivity index (χ3n) is 3.34. The molecule has 0 fully saturated rings. The van der Waals surface area contributed by atoms with Crippen molar-refractivity contribution in [2.24, 2.45) is 11.1 Å². The molecule has 0 amide bonds. The van der Waals surface area contributed by atoms with Crippen molar-refractivity contribution in [1.29, 1.82) is 5.41 Å². The molecule has 0 rings (SSSR count). The zero-order valence-electron chi connectivity index (χ0n) is 11.8. The standard InChI is InChI=1S/C13H29N3O/c1-11(2)16(9-10-17)8-6-5-7-13(3,4)12(14)15/h11,17H,5-10H2,1-4H3,(H3,14,15). The lowest BCUT2D eigenvalue weighted by Crippen LogP contribution is -2.35. The number of amidine groups is 1. The molecule has 4 heteroatoms. The molecular weight excluding hydrogens is 214 g/mol. The van der Waals surface area contributed by atoms with Gasteiger partial charge in [0.05, 0.1) is 12.4 Å². The minimum absolute atomic E-state index is 0.181. The van der Waals surface area contributed by atoms with E-state index in [1.807, 2.05) is 13.8 Å². The highest BCUT2D eigenvalue weighted by molar-refractivity contribution is 5.82. The van der Waals surface area contributed by atoms with Crippen molar-refractivity contribution in [2.75, 3.05) is 19.7 Å². The van der Waals surface area contributed by atoms with Gasteiger partial charge in [-0.15, -0.1) is 0 Å². The first-order valence-electron chi connectivity index (χ1n) is 6.50. The quantitative estimate of drug-likeness (QED) is 0.328. The second-order valence-electron chi connectivity index (χ2n) is 5.61. The summed E-state index contributed by atoms with van der Waals surface area (Å²) in [5.74, 6) is 0.272. The van der Waals surface area contributed by atoms with Crippen LogP contribution in [0.4, 0.5) is 0 Å². The Labute approximate surface area is 106 Å². The molecule has 0 atom stereocenters. The van der Waals surface area contributed by atoms with E-state index in [0.29, 0.717) is 6.04 Å². The van der Waals surface area contributed by atoms with E-state index >= 15 is 0 Å². The topological polar surface area (TPSA) is 73.3 Å². The van der Waals surface area contributed by atoms with Crippen molar-refractivity contribution in [1.82, 2.24) is 4.90 Å². The molecule has 0 unspecified atom stereocenters. The predicted molar refractivity (Wildman–Crippen MR) is 73.3 cm³/mol. The van der Waals surface area contributed by atoms with Crippen LogP contribution in [0.3, 0.4) is 0 Å². The number of hydrogen-bond acceptors (Lipinski definition) is 3. The van der Waals surface area contributed by atoms with Crippen LogP contribution in [0.15, 0.2) is 0 Å². The average molecular weight is 243 g/mol. The molecule has 0 aliphatic carbocycles. The van der Waals surface area contributed by atoms with Crippen molar-refractivity contribution >= 4 is 5.84 Å². The van der Waals surface area contributed by atoms with Crippen molar-refractivity contribution < 1.29 is 5.11 Å². The Morgan fingerprint density at radius 1 is 1.29 bits per heavy atom. The zero-order chi connectivity index (χ0) is 13.5. The fourth-order valence-corrected chi connectivity index (χ4v) is 1.77. The molecule has 0 aromatic heterocycles. The van der Waals surface area contributed by atoms with E-state index < -0.39 is 0 Å². The molecule has 0 aliphatic rings. The molecule has 0 saturated carbocycles. The molecule has 0 radical (unpaired) electrons. The van der Waals surface area contributed by atoms with Crippen LogP contribution in [-0.2, 0) is 0 Å². The van der Waals surface area contributed by atoms with E-state index in [2.05, 4.69) is 18.7 Å². The first-order valence-corrected chi connectivity index (χ1v) is 6.50. The maximum atomic E-state index is 8.96. The van der Waals surface area contributed by atoms with Crippen molar-refractivity contribution in [3.8, 4) is 0 Å². The van der Waals surface area contributed by atoms with E-state index in [9.17, 15) is 0 Å². The molecule has 0 spiro atoms. The highest BCUT2D eigenvalue weighted by atomic mass is 16.3. The Balaban J connectivity index is 3.86. The maximum Gasteiger partial charge on any atom is 0.0963 e. The summed E-state index contributed by atoms with van der Waals surface area (Å²) >= 11 is 0. The molecule has 0 saturated heterocycles. The summed E-state index contributed by atoms with van der Waals surface area (Å²) in [5, 5.41) is 16.4.